The highest BCUT2D eigenvalue weighted by Crippen LogP contribution is 2.35. The van der Waals surface area contributed by atoms with Crippen molar-refractivity contribution in [2.75, 3.05) is 19.8 Å². The first-order valence-corrected chi connectivity index (χ1v) is 12.0. The van der Waals surface area contributed by atoms with Crippen LogP contribution in [0, 0.1) is 6.92 Å². The molecule has 0 bridgehead atoms. The quantitative estimate of drug-likeness (QED) is 0.296. The molecule has 2 aromatic carbocycles. The number of hydrogen-bond acceptors (Lipinski definition) is 4. The standard InChI is InChI=1S/C28H31ClN2O3/c1-5-14-34-26-9-7-8-20-16-31(13-12-23(20)26)17-21-10-11-22(29)15-24(21)25-18-30(4)19(3)27(25)28(32)33-6-2/h5,7-11,15,18H,1,6,12-14,16-17H2,2-4H3. The van der Waals surface area contributed by atoms with Gasteiger partial charge in [0.15, 0.2) is 0 Å². The third-order valence-electron chi connectivity index (χ3n) is 6.38. The van der Waals surface area contributed by atoms with Crippen molar-refractivity contribution in [3.05, 3.63) is 88.2 Å². The summed E-state index contributed by atoms with van der Waals surface area (Å²) in [5.41, 5.74) is 6.98. The second kappa shape index (κ2) is 10.5. The minimum atomic E-state index is -0.305. The molecule has 6 heteroatoms. The Morgan fingerprint density at radius 2 is 2.06 bits per heavy atom. The summed E-state index contributed by atoms with van der Waals surface area (Å²) in [7, 11) is 1.94. The molecule has 4 rings (SSSR count). The second-order valence-corrected chi connectivity index (χ2v) is 9.03. The Bertz CT molecular complexity index is 1210. The Balaban J connectivity index is 1.65. The molecule has 0 unspecified atom stereocenters. The number of aryl methyl sites for hydroxylation is 1. The van der Waals surface area contributed by atoms with Gasteiger partial charge in [0.25, 0.3) is 0 Å². The number of hydrogen-bond donors (Lipinski definition) is 0. The maximum atomic E-state index is 12.8. The van der Waals surface area contributed by atoms with Crippen LogP contribution in [0.2, 0.25) is 5.02 Å². The van der Waals surface area contributed by atoms with E-state index >= 15 is 0 Å². The van der Waals surface area contributed by atoms with E-state index in [4.69, 9.17) is 21.1 Å². The van der Waals surface area contributed by atoms with E-state index in [0.29, 0.717) is 23.8 Å². The van der Waals surface area contributed by atoms with E-state index in [9.17, 15) is 4.79 Å². The van der Waals surface area contributed by atoms with E-state index in [1.807, 2.05) is 55.9 Å². The normalized spacial score (nSPS) is 13.4. The summed E-state index contributed by atoms with van der Waals surface area (Å²) < 4.78 is 13.2. The van der Waals surface area contributed by atoms with Crippen molar-refractivity contribution in [3.8, 4) is 16.9 Å². The van der Waals surface area contributed by atoms with Gasteiger partial charge >= 0.3 is 5.97 Å². The van der Waals surface area contributed by atoms with E-state index in [0.717, 1.165) is 54.2 Å². The smallest absolute Gasteiger partial charge is 0.340 e. The summed E-state index contributed by atoms with van der Waals surface area (Å²) in [6.07, 6.45) is 4.68. The third kappa shape index (κ3) is 4.91. The van der Waals surface area contributed by atoms with Crippen LogP contribution in [0.3, 0.4) is 0 Å². The molecule has 3 aromatic rings. The van der Waals surface area contributed by atoms with Crippen molar-refractivity contribution in [1.29, 1.82) is 0 Å². The van der Waals surface area contributed by atoms with Gasteiger partial charge in [-0.3, -0.25) is 4.90 Å². The molecule has 5 nitrogen and oxygen atoms in total. The number of ether oxygens (including phenoxy) is 2. The number of aromatic nitrogens is 1. The fourth-order valence-electron chi connectivity index (χ4n) is 4.62. The number of rotatable bonds is 8. The predicted octanol–water partition coefficient (Wildman–Crippen LogP) is 5.95. The summed E-state index contributed by atoms with van der Waals surface area (Å²) in [6.45, 7) is 10.9. The van der Waals surface area contributed by atoms with Crippen LogP contribution in [0.4, 0.5) is 0 Å². The summed E-state index contributed by atoms with van der Waals surface area (Å²) in [5, 5.41) is 0.642. The van der Waals surface area contributed by atoms with Crippen molar-refractivity contribution in [3.63, 3.8) is 0 Å². The van der Waals surface area contributed by atoms with Crippen LogP contribution in [0.1, 0.15) is 39.7 Å². The van der Waals surface area contributed by atoms with E-state index in [1.165, 1.54) is 11.1 Å². The van der Waals surface area contributed by atoms with Crippen molar-refractivity contribution < 1.29 is 14.3 Å². The summed E-state index contributed by atoms with van der Waals surface area (Å²) in [4.78, 5) is 15.2. The molecule has 2 heterocycles. The lowest BCUT2D eigenvalue weighted by molar-refractivity contribution is 0.0526. The molecule has 34 heavy (non-hydrogen) atoms. The summed E-state index contributed by atoms with van der Waals surface area (Å²) in [6, 6.07) is 12.2. The molecule has 0 amide bonds. The van der Waals surface area contributed by atoms with Crippen LogP contribution in [-0.2, 0) is 31.3 Å². The van der Waals surface area contributed by atoms with Crippen LogP contribution in [0.5, 0.6) is 5.75 Å². The maximum absolute atomic E-state index is 12.8. The van der Waals surface area contributed by atoms with Crippen LogP contribution in [-0.4, -0.2) is 35.2 Å². The van der Waals surface area contributed by atoms with E-state index in [1.54, 1.807) is 6.08 Å². The molecular weight excluding hydrogens is 448 g/mol. The van der Waals surface area contributed by atoms with Crippen LogP contribution in [0.25, 0.3) is 11.1 Å². The Hall–Kier alpha value is -3.02. The molecule has 1 aliphatic rings. The SMILES string of the molecule is C=CCOc1cccc2c1CCN(Cc1ccc(Cl)cc1-c1cn(C)c(C)c1C(=O)OCC)C2. The maximum Gasteiger partial charge on any atom is 0.340 e. The van der Waals surface area contributed by atoms with Gasteiger partial charge in [-0.2, -0.15) is 0 Å². The fourth-order valence-corrected chi connectivity index (χ4v) is 4.79. The van der Waals surface area contributed by atoms with Crippen molar-refractivity contribution in [2.24, 2.45) is 7.05 Å². The topological polar surface area (TPSA) is 43.7 Å². The first-order chi connectivity index (χ1) is 16.4. The largest absolute Gasteiger partial charge is 0.489 e. The zero-order valence-corrected chi connectivity index (χ0v) is 20.8. The predicted molar refractivity (Wildman–Crippen MR) is 137 cm³/mol. The van der Waals surface area contributed by atoms with Gasteiger partial charge < -0.3 is 14.0 Å². The number of carbonyl (C=O) groups is 1. The molecule has 0 N–H and O–H groups in total. The minimum Gasteiger partial charge on any atom is -0.489 e. The molecule has 178 valence electrons. The molecule has 0 atom stereocenters. The van der Waals surface area contributed by atoms with Crippen LogP contribution >= 0.6 is 11.6 Å². The monoisotopic (exact) mass is 478 g/mol. The number of nitrogens with zero attached hydrogens (tertiary/aromatic N) is 2. The highest BCUT2D eigenvalue weighted by atomic mass is 35.5. The first-order valence-electron chi connectivity index (χ1n) is 11.6. The Labute approximate surface area is 206 Å². The van der Waals surface area contributed by atoms with Crippen LogP contribution in [0.15, 0.2) is 55.3 Å². The summed E-state index contributed by atoms with van der Waals surface area (Å²) in [5.74, 6) is 0.642. The number of benzene rings is 2. The van der Waals surface area contributed by atoms with Crippen molar-refractivity contribution in [2.45, 2.75) is 33.4 Å². The van der Waals surface area contributed by atoms with Gasteiger partial charge in [0, 0.05) is 49.2 Å². The Morgan fingerprint density at radius 1 is 1.24 bits per heavy atom. The molecule has 0 fully saturated rings. The molecule has 0 spiro atoms. The summed E-state index contributed by atoms with van der Waals surface area (Å²) >= 11 is 6.42. The van der Waals surface area contributed by atoms with Gasteiger partial charge in [0.1, 0.15) is 12.4 Å². The lowest BCUT2D eigenvalue weighted by Crippen LogP contribution is -2.30. The van der Waals surface area contributed by atoms with Gasteiger partial charge in [-0.15, -0.1) is 0 Å². The van der Waals surface area contributed by atoms with E-state index in [-0.39, 0.29) is 5.97 Å². The average molecular weight is 479 g/mol. The Morgan fingerprint density at radius 3 is 2.82 bits per heavy atom. The fraction of sp³-hybridized carbons (Fsp3) is 0.321. The van der Waals surface area contributed by atoms with Gasteiger partial charge in [-0.1, -0.05) is 42.5 Å². The van der Waals surface area contributed by atoms with E-state index in [2.05, 4.69) is 23.6 Å². The minimum absolute atomic E-state index is 0.305. The molecule has 0 saturated heterocycles. The molecule has 0 radical (unpaired) electrons. The molecule has 1 aliphatic heterocycles. The highest BCUT2D eigenvalue weighted by molar-refractivity contribution is 6.31. The number of esters is 1. The Kier molecular flexibility index (Phi) is 7.44. The molecule has 0 saturated carbocycles. The second-order valence-electron chi connectivity index (χ2n) is 8.59. The van der Waals surface area contributed by atoms with Crippen LogP contribution < -0.4 is 4.74 Å². The highest BCUT2D eigenvalue weighted by Gasteiger charge is 2.24. The molecular formula is C28H31ClN2O3. The lowest BCUT2D eigenvalue weighted by Gasteiger charge is -2.30. The average Bonchev–Trinajstić information content (AvgIpc) is 3.12. The molecule has 0 aliphatic carbocycles. The van der Waals surface area contributed by atoms with Gasteiger partial charge in [-0.25, -0.2) is 4.79 Å². The number of halogens is 1. The molecule has 1 aromatic heterocycles. The van der Waals surface area contributed by atoms with E-state index < -0.39 is 0 Å². The van der Waals surface area contributed by atoms with Crippen molar-refractivity contribution in [1.82, 2.24) is 9.47 Å². The number of carbonyl (C=O) groups excluding carboxylic acids is 1. The zero-order chi connectivity index (χ0) is 24.2. The van der Waals surface area contributed by atoms with Gasteiger partial charge in [-0.05, 0) is 60.7 Å². The number of fused-ring (bicyclic) bond motifs is 1. The first kappa shape index (κ1) is 24.1. The lowest BCUT2D eigenvalue weighted by atomic mass is 9.95. The zero-order valence-electron chi connectivity index (χ0n) is 20.1. The van der Waals surface area contributed by atoms with Gasteiger partial charge in [0.05, 0.1) is 12.2 Å². The van der Waals surface area contributed by atoms with Gasteiger partial charge in [0.2, 0.25) is 0 Å². The van der Waals surface area contributed by atoms with Crippen molar-refractivity contribution >= 4 is 17.6 Å². The third-order valence-corrected chi connectivity index (χ3v) is 6.61.